The molecule has 1 amide bonds. The fraction of sp³-hybridized carbons (Fsp3) is 0.529. The Morgan fingerprint density at radius 1 is 1.36 bits per heavy atom. The molecule has 1 fully saturated rings. The lowest BCUT2D eigenvalue weighted by molar-refractivity contribution is -0.151. The predicted molar refractivity (Wildman–Crippen MR) is 90.4 cm³/mol. The average Bonchev–Trinajstić information content (AvgIpc) is 3.13. The molecule has 0 aromatic carbocycles. The molecule has 8 nitrogen and oxygen atoms in total. The van der Waals surface area contributed by atoms with Gasteiger partial charge in [-0.15, -0.1) is 0 Å². The largest absolute Gasteiger partial charge is 0.466 e. The first-order chi connectivity index (χ1) is 13.2. The van der Waals surface area contributed by atoms with Gasteiger partial charge in [-0.1, -0.05) is 0 Å². The number of aromatic nitrogens is 3. The third-order valence-electron chi connectivity index (χ3n) is 4.59. The molecule has 28 heavy (non-hydrogen) atoms. The second-order valence-corrected chi connectivity index (χ2v) is 6.48. The van der Waals surface area contributed by atoms with Gasteiger partial charge in [-0.25, -0.2) is 9.48 Å². The molecule has 0 N–H and O–H groups in total. The highest BCUT2D eigenvalue weighted by Crippen LogP contribution is 2.30. The Labute approximate surface area is 157 Å². The molecule has 2 aromatic heterocycles. The molecule has 0 spiro atoms. The van der Waals surface area contributed by atoms with E-state index >= 15 is 0 Å². The van der Waals surface area contributed by atoms with Crippen LogP contribution in [-0.4, -0.2) is 50.7 Å². The first-order valence-corrected chi connectivity index (χ1v) is 8.82. The molecule has 0 radical (unpaired) electrons. The maximum absolute atomic E-state index is 13.3. The van der Waals surface area contributed by atoms with Gasteiger partial charge in [-0.3, -0.25) is 14.0 Å². The highest BCUT2D eigenvalue weighted by Gasteiger charge is 2.37. The van der Waals surface area contributed by atoms with Gasteiger partial charge in [0, 0.05) is 19.3 Å². The number of esters is 1. The lowest BCUT2D eigenvalue weighted by atomic mass is 9.98. The molecule has 0 bridgehead atoms. The van der Waals surface area contributed by atoms with Crippen LogP contribution in [0.3, 0.4) is 0 Å². The second-order valence-electron chi connectivity index (χ2n) is 6.48. The van der Waals surface area contributed by atoms with Gasteiger partial charge in [0.15, 0.2) is 5.69 Å². The summed E-state index contributed by atoms with van der Waals surface area (Å²) >= 11 is 0. The Hall–Kier alpha value is -2.85. The highest BCUT2D eigenvalue weighted by molar-refractivity contribution is 5.78. The number of rotatable bonds is 4. The summed E-state index contributed by atoms with van der Waals surface area (Å²) in [6.07, 6.45) is -2.47. The number of hydrogen-bond acceptors (Lipinski definition) is 5. The number of fused-ring (bicyclic) bond motifs is 1. The maximum Gasteiger partial charge on any atom is 0.437 e. The maximum atomic E-state index is 13.3. The van der Waals surface area contributed by atoms with E-state index in [-0.39, 0.29) is 18.7 Å². The smallest absolute Gasteiger partial charge is 0.437 e. The Bertz CT molecular complexity index is 950. The van der Waals surface area contributed by atoms with Gasteiger partial charge in [0.05, 0.1) is 18.0 Å². The summed E-state index contributed by atoms with van der Waals surface area (Å²) in [7, 11) is 0. The van der Waals surface area contributed by atoms with E-state index in [2.05, 4.69) is 5.10 Å². The van der Waals surface area contributed by atoms with Crippen LogP contribution >= 0.6 is 0 Å². The van der Waals surface area contributed by atoms with E-state index in [1.54, 1.807) is 6.92 Å². The van der Waals surface area contributed by atoms with Gasteiger partial charge in [-0.05, 0) is 31.9 Å². The molecule has 3 heterocycles. The number of carbonyl (C=O) groups is 2. The minimum absolute atomic E-state index is 0.101. The molecule has 1 aliphatic rings. The summed E-state index contributed by atoms with van der Waals surface area (Å²) in [4.78, 5) is 38.2. The van der Waals surface area contributed by atoms with E-state index in [9.17, 15) is 27.6 Å². The zero-order valence-electron chi connectivity index (χ0n) is 15.1. The number of piperidine rings is 1. The zero-order valence-corrected chi connectivity index (χ0v) is 15.1. The van der Waals surface area contributed by atoms with Crippen LogP contribution < -0.4 is 5.69 Å². The number of alkyl halides is 3. The van der Waals surface area contributed by atoms with Crippen molar-refractivity contribution < 1.29 is 27.5 Å². The van der Waals surface area contributed by atoms with Crippen LogP contribution in [0.5, 0.6) is 0 Å². The number of carbonyl (C=O) groups excluding carboxylic acids is 2. The molecule has 2 aromatic rings. The van der Waals surface area contributed by atoms with Gasteiger partial charge in [0.2, 0.25) is 5.91 Å². The summed E-state index contributed by atoms with van der Waals surface area (Å²) in [5, 5.41) is 3.38. The fourth-order valence-electron chi connectivity index (χ4n) is 3.27. The summed E-state index contributed by atoms with van der Waals surface area (Å²) in [5.41, 5.74) is -2.46. The van der Waals surface area contributed by atoms with Crippen molar-refractivity contribution in [1.29, 1.82) is 0 Å². The number of ether oxygens (including phenoxy) is 1. The van der Waals surface area contributed by atoms with Crippen molar-refractivity contribution in [2.24, 2.45) is 5.92 Å². The minimum Gasteiger partial charge on any atom is -0.466 e. The third kappa shape index (κ3) is 3.87. The standard InChI is InChI=1S/C17H19F3N4O4/c1-2-28-15(26)11-5-3-7-22(9-11)13(25)10-24-16(27)23-8-4-6-12(23)14(21-24)17(18,19)20/h4,6,8,11H,2-3,5,7,9-10H2,1H3/t11-/m0/s1. The van der Waals surface area contributed by atoms with Crippen molar-refractivity contribution in [3.63, 3.8) is 0 Å². The number of halogens is 3. The second kappa shape index (κ2) is 7.64. The number of nitrogens with zero attached hydrogens (tertiary/aromatic N) is 4. The molecular formula is C17H19F3N4O4. The molecule has 0 aliphatic carbocycles. The Morgan fingerprint density at radius 3 is 2.79 bits per heavy atom. The van der Waals surface area contributed by atoms with E-state index in [1.165, 1.54) is 17.2 Å². The minimum atomic E-state index is -4.78. The van der Waals surface area contributed by atoms with Crippen molar-refractivity contribution in [3.8, 4) is 0 Å². The summed E-state index contributed by atoms with van der Waals surface area (Å²) in [6, 6.07) is 2.44. The van der Waals surface area contributed by atoms with Crippen LogP contribution in [0.15, 0.2) is 23.1 Å². The van der Waals surface area contributed by atoms with Crippen molar-refractivity contribution >= 4 is 17.4 Å². The topological polar surface area (TPSA) is 85.9 Å². The fourth-order valence-corrected chi connectivity index (χ4v) is 3.27. The van der Waals surface area contributed by atoms with E-state index in [1.807, 2.05) is 0 Å². The third-order valence-corrected chi connectivity index (χ3v) is 4.59. The van der Waals surface area contributed by atoms with E-state index in [0.717, 1.165) is 10.5 Å². The van der Waals surface area contributed by atoms with Gasteiger partial charge < -0.3 is 9.64 Å². The molecule has 152 valence electrons. The first-order valence-electron chi connectivity index (χ1n) is 8.82. The van der Waals surface area contributed by atoms with Gasteiger partial charge in [-0.2, -0.15) is 18.3 Å². The van der Waals surface area contributed by atoms with Gasteiger partial charge in [0.1, 0.15) is 6.54 Å². The summed E-state index contributed by atoms with van der Waals surface area (Å²) < 4.78 is 46.1. The quantitative estimate of drug-likeness (QED) is 0.723. The van der Waals surface area contributed by atoms with Crippen LogP contribution in [0.1, 0.15) is 25.5 Å². The monoisotopic (exact) mass is 400 g/mol. The molecule has 0 saturated carbocycles. The molecule has 0 unspecified atom stereocenters. The lowest BCUT2D eigenvalue weighted by Crippen LogP contribution is -2.46. The van der Waals surface area contributed by atoms with Crippen molar-refractivity contribution in [3.05, 3.63) is 34.5 Å². The van der Waals surface area contributed by atoms with E-state index < -0.39 is 41.9 Å². The SMILES string of the molecule is CCOC(=O)[C@H]1CCCN(C(=O)Cn2nc(C(F)(F)F)c3cccn3c2=O)C1. The Morgan fingerprint density at radius 2 is 2.11 bits per heavy atom. The normalized spacial score (nSPS) is 17.7. The predicted octanol–water partition coefficient (Wildman–Crippen LogP) is 1.32. The molecule has 3 rings (SSSR count). The van der Waals surface area contributed by atoms with E-state index in [0.29, 0.717) is 24.1 Å². The number of hydrogen-bond donors (Lipinski definition) is 0. The Kier molecular flexibility index (Phi) is 5.43. The van der Waals surface area contributed by atoms with Crippen LogP contribution in [0, 0.1) is 5.92 Å². The van der Waals surface area contributed by atoms with Crippen molar-refractivity contribution in [1.82, 2.24) is 19.1 Å². The number of likely N-dealkylation sites (tertiary alicyclic amines) is 1. The molecule has 1 aliphatic heterocycles. The Balaban J connectivity index is 1.84. The zero-order chi connectivity index (χ0) is 20.5. The van der Waals surface area contributed by atoms with Crippen LogP contribution in [-0.2, 0) is 27.0 Å². The van der Waals surface area contributed by atoms with Crippen LogP contribution in [0.25, 0.3) is 5.52 Å². The lowest BCUT2D eigenvalue weighted by Gasteiger charge is -2.31. The molecule has 11 heteroatoms. The number of amides is 1. The van der Waals surface area contributed by atoms with Crippen LogP contribution in [0.4, 0.5) is 13.2 Å². The van der Waals surface area contributed by atoms with Gasteiger partial charge in [0.25, 0.3) is 0 Å². The summed E-state index contributed by atoms with van der Waals surface area (Å²) in [5.74, 6) is -1.48. The summed E-state index contributed by atoms with van der Waals surface area (Å²) in [6.45, 7) is 1.70. The highest BCUT2D eigenvalue weighted by atomic mass is 19.4. The first kappa shape index (κ1) is 19.9. The van der Waals surface area contributed by atoms with Crippen LogP contribution in [0.2, 0.25) is 0 Å². The molecular weight excluding hydrogens is 381 g/mol. The van der Waals surface area contributed by atoms with E-state index in [4.69, 9.17) is 4.74 Å². The van der Waals surface area contributed by atoms with Gasteiger partial charge >= 0.3 is 17.8 Å². The molecule has 1 saturated heterocycles. The van der Waals surface area contributed by atoms with Crippen molar-refractivity contribution in [2.45, 2.75) is 32.5 Å². The van der Waals surface area contributed by atoms with Crippen molar-refractivity contribution in [2.75, 3.05) is 19.7 Å². The average molecular weight is 400 g/mol. The molecule has 1 atom stereocenters.